The quantitative estimate of drug-likeness (QED) is 0.720. The van der Waals surface area contributed by atoms with E-state index in [9.17, 15) is 0 Å². The van der Waals surface area contributed by atoms with Crippen molar-refractivity contribution in [3.63, 3.8) is 0 Å². The molecule has 0 saturated heterocycles. The van der Waals surface area contributed by atoms with Crippen LogP contribution in [-0.4, -0.2) is 19.1 Å². The lowest BCUT2D eigenvalue weighted by molar-refractivity contribution is 0.624. The Morgan fingerprint density at radius 3 is 2.47 bits per heavy atom. The van der Waals surface area contributed by atoms with E-state index >= 15 is 0 Å². The largest absolute Gasteiger partial charge is 0.369 e. The van der Waals surface area contributed by atoms with Crippen LogP contribution in [0.25, 0.3) is 0 Å². The topological polar surface area (TPSA) is 29.3 Å². The van der Waals surface area contributed by atoms with Crippen molar-refractivity contribution in [2.45, 2.75) is 59.4 Å². The van der Waals surface area contributed by atoms with Crippen LogP contribution >= 0.6 is 0 Å². The SMILES string of the molecule is CCCCCN(c1ccc(CCN)cc1C)C(C)C. The average Bonchev–Trinajstić information content (AvgIpc) is 2.36. The molecule has 108 valence electrons. The molecule has 0 aliphatic rings. The fourth-order valence-corrected chi connectivity index (χ4v) is 2.55. The number of hydrogen-bond acceptors (Lipinski definition) is 2. The third-order valence-corrected chi connectivity index (χ3v) is 3.63. The number of unbranched alkanes of at least 4 members (excludes halogenated alkanes) is 2. The summed E-state index contributed by atoms with van der Waals surface area (Å²) in [4.78, 5) is 2.53. The normalized spacial score (nSPS) is 11.1. The molecule has 0 aliphatic heterocycles. The zero-order valence-corrected chi connectivity index (χ0v) is 13.1. The summed E-state index contributed by atoms with van der Waals surface area (Å²) in [5.74, 6) is 0. The van der Waals surface area contributed by atoms with E-state index in [4.69, 9.17) is 5.73 Å². The van der Waals surface area contributed by atoms with E-state index < -0.39 is 0 Å². The van der Waals surface area contributed by atoms with Gasteiger partial charge in [0, 0.05) is 18.3 Å². The van der Waals surface area contributed by atoms with Crippen LogP contribution in [-0.2, 0) is 6.42 Å². The maximum atomic E-state index is 5.63. The van der Waals surface area contributed by atoms with E-state index in [1.54, 1.807) is 0 Å². The van der Waals surface area contributed by atoms with Crippen LogP contribution in [0.15, 0.2) is 18.2 Å². The van der Waals surface area contributed by atoms with Crippen LogP contribution in [0, 0.1) is 6.92 Å². The van der Waals surface area contributed by atoms with Crippen molar-refractivity contribution in [3.05, 3.63) is 29.3 Å². The number of hydrogen-bond donors (Lipinski definition) is 1. The highest BCUT2D eigenvalue weighted by atomic mass is 15.1. The van der Waals surface area contributed by atoms with Crippen molar-refractivity contribution in [2.75, 3.05) is 18.0 Å². The molecule has 1 rings (SSSR count). The Hall–Kier alpha value is -1.02. The van der Waals surface area contributed by atoms with Gasteiger partial charge in [0.2, 0.25) is 0 Å². The monoisotopic (exact) mass is 262 g/mol. The van der Waals surface area contributed by atoms with Crippen molar-refractivity contribution in [1.29, 1.82) is 0 Å². The van der Waals surface area contributed by atoms with Crippen LogP contribution in [0.3, 0.4) is 0 Å². The minimum Gasteiger partial charge on any atom is -0.369 e. The number of nitrogens with two attached hydrogens (primary N) is 1. The van der Waals surface area contributed by atoms with Crippen LogP contribution in [0.2, 0.25) is 0 Å². The average molecular weight is 262 g/mol. The third kappa shape index (κ3) is 4.87. The Kier molecular flexibility index (Phi) is 6.93. The highest BCUT2D eigenvalue weighted by molar-refractivity contribution is 5.55. The van der Waals surface area contributed by atoms with E-state index in [1.165, 1.54) is 36.1 Å². The summed E-state index contributed by atoms with van der Waals surface area (Å²) in [6, 6.07) is 7.34. The van der Waals surface area contributed by atoms with Crippen LogP contribution < -0.4 is 10.6 Å². The molecule has 19 heavy (non-hydrogen) atoms. The van der Waals surface area contributed by atoms with Gasteiger partial charge in [-0.05, 0) is 57.4 Å². The van der Waals surface area contributed by atoms with E-state index in [0.717, 1.165) is 19.5 Å². The zero-order valence-electron chi connectivity index (χ0n) is 13.1. The highest BCUT2D eigenvalue weighted by Gasteiger charge is 2.12. The summed E-state index contributed by atoms with van der Waals surface area (Å²) < 4.78 is 0. The molecule has 2 nitrogen and oxygen atoms in total. The van der Waals surface area contributed by atoms with Crippen molar-refractivity contribution < 1.29 is 0 Å². The first-order valence-electron chi connectivity index (χ1n) is 7.66. The lowest BCUT2D eigenvalue weighted by atomic mass is 10.0. The Bertz CT molecular complexity index is 372. The summed E-state index contributed by atoms with van der Waals surface area (Å²) in [5, 5.41) is 0. The predicted octanol–water partition coefficient (Wildman–Crippen LogP) is 3.90. The molecule has 0 fully saturated rings. The maximum Gasteiger partial charge on any atom is 0.0398 e. The molecular weight excluding hydrogens is 232 g/mol. The van der Waals surface area contributed by atoms with Crippen LogP contribution in [0.1, 0.15) is 51.2 Å². The molecule has 0 atom stereocenters. The van der Waals surface area contributed by atoms with Crippen molar-refractivity contribution in [2.24, 2.45) is 5.73 Å². The molecule has 0 heterocycles. The summed E-state index contributed by atoms with van der Waals surface area (Å²) in [5.41, 5.74) is 9.73. The fraction of sp³-hybridized carbons (Fsp3) is 0.647. The van der Waals surface area contributed by atoms with Gasteiger partial charge in [-0.2, -0.15) is 0 Å². The van der Waals surface area contributed by atoms with E-state index in [2.05, 4.69) is 50.8 Å². The third-order valence-electron chi connectivity index (χ3n) is 3.63. The molecule has 0 bridgehead atoms. The van der Waals surface area contributed by atoms with Gasteiger partial charge in [0.05, 0.1) is 0 Å². The molecule has 2 N–H and O–H groups in total. The summed E-state index contributed by atoms with van der Waals surface area (Å²) >= 11 is 0. The molecule has 1 aromatic carbocycles. The Morgan fingerprint density at radius 2 is 1.95 bits per heavy atom. The Morgan fingerprint density at radius 1 is 1.21 bits per heavy atom. The molecule has 1 aromatic rings. The van der Waals surface area contributed by atoms with E-state index in [0.29, 0.717) is 6.04 Å². The summed E-state index contributed by atoms with van der Waals surface area (Å²) in [6.07, 6.45) is 4.84. The van der Waals surface area contributed by atoms with Crippen molar-refractivity contribution in [3.8, 4) is 0 Å². The van der Waals surface area contributed by atoms with Gasteiger partial charge < -0.3 is 10.6 Å². The molecule has 0 spiro atoms. The fourth-order valence-electron chi connectivity index (χ4n) is 2.55. The summed E-state index contributed by atoms with van der Waals surface area (Å²) in [7, 11) is 0. The second kappa shape index (κ2) is 8.21. The maximum absolute atomic E-state index is 5.63. The molecule has 0 unspecified atom stereocenters. The lowest BCUT2D eigenvalue weighted by Crippen LogP contribution is -2.32. The predicted molar refractivity (Wildman–Crippen MR) is 85.9 cm³/mol. The number of nitrogens with zero attached hydrogens (tertiary/aromatic N) is 1. The smallest absolute Gasteiger partial charge is 0.0398 e. The van der Waals surface area contributed by atoms with Gasteiger partial charge in [0.1, 0.15) is 0 Å². The second-order valence-electron chi connectivity index (χ2n) is 5.65. The molecule has 0 saturated carbocycles. The molecule has 0 amide bonds. The highest BCUT2D eigenvalue weighted by Crippen LogP contribution is 2.24. The number of benzene rings is 1. The minimum absolute atomic E-state index is 0.552. The first-order chi connectivity index (χ1) is 9.10. The van der Waals surface area contributed by atoms with Crippen molar-refractivity contribution in [1.82, 2.24) is 0 Å². The molecular formula is C17H30N2. The lowest BCUT2D eigenvalue weighted by Gasteiger charge is -2.31. The zero-order chi connectivity index (χ0) is 14.3. The van der Waals surface area contributed by atoms with Gasteiger partial charge in [0.15, 0.2) is 0 Å². The van der Waals surface area contributed by atoms with Crippen LogP contribution in [0.4, 0.5) is 5.69 Å². The number of aryl methyl sites for hydroxylation is 1. The van der Waals surface area contributed by atoms with Gasteiger partial charge >= 0.3 is 0 Å². The van der Waals surface area contributed by atoms with Gasteiger partial charge in [0.25, 0.3) is 0 Å². The number of rotatable bonds is 8. The minimum atomic E-state index is 0.552. The van der Waals surface area contributed by atoms with Crippen LogP contribution in [0.5, 0.6) is 0 Å². The number of anilines is 1. The van der Waals surface area contributed by atoms with Crippen molar-refractivity contribution >= 4 is 5.69 Å². The summed E-state index contributed by atoms with van der Waals surface area (Å²) in [6.45, 7) is 10.9. The molecule has 0 radical (unpaired) electrons. The first-order valence-corrected chi connectivity index (χ1v) is 7.66. The van der Waals surface area contributed by atoms with Gasteiger partial charge in [-0.3, -0.25) is 0 Å². The van der Waals surface area contributed by atoms with E-state index in [-0.39, 0.29) is 0 Å². The molecule has 2 heteroatoms. The first kappa shape index (κ1) is 16.0. The van der Waals surface area contributed by atoms with Gasteiger partial charge in [-0.25, -0.2) is 0 Å². The molecule has 0 aliphatic carbocycles. The van der Waals surface area contributed by atoms with E-state index in [1.807, 2.05) is 0 Å². The Balaban J connectivity index is 2.83. The second-order valence-corrected chi connectivity index (χ2v) is 5.65. The molecule has 0 aromatic heterocycles. The van der Waals surface area contributed by atoms with Gasteiger partial charge in [-0.1, -0.05) is 31.9 Å². The standard InChI is InChI=1S/C17H30N2/c1-5-6-7-12-19(14(2)3)17-9-8-16(10-11-18)13-15(17)4/h8-9,13-14H,5-7,10-12,18H2,1-4H3. The Labute approximate surface area is 119 Å². The van der Waals surface area contributed by atoms with Gasteiger partial charge in [-0.15, -0.1) is 0 Å².